The lowest BCUT2D eigenvalue weighted by atomic mass is 9.98. The number of nitrogens with one attached hydrogen (secondary N) is 1. The van der Waals surface area contributed by atoms with Crippen LogP contribution in [0.1, 0.15) is 39.0 Å². The molecule has 1 aliphatic carbocycles. The van der Waals surface area contributed by atoms with Gasteiger partial charge < -0.3 is 15.8 Å². The standard InChI is InChI=1S/C19H21FN3O3S/c1-11(16(21)24)17(25)23-19-22-15(12-7-9-13(20)10-8-12)18(27-19)26-14-5-3-2-4-6-14/h7-10,14H,2-6H2,1H3,(H2,21,24)(H,22,23,25). The van der Waals surface area contributed by atoms with Crippen LogP contribution >= 0.6 is 11.3 Å². The van der Waals surface area contributed by atoms with E-state index >= 15 is 0 Å². The van der Waals surface area contributed by atoms with Gasteiger partial charge in [-0.3, -0.25) is 9.59 Å². The van der Waals surface area contributed by atoms with Gasteiger partial charge in [0.1, 0.15) is 17.4 Å². The first-order valence-electron chi connectivity index (χ1n) is 8.82. The van der Waals surface area contributed by atoms with Crippen molar-refractivity contribution < 1.29 is 18.7 Å². The topological polar surface area (TPSA) is 94.3 Å². The van der Waals surface area contributed by atoms with E-state index in [0.29, 0.717) is 21.5 Å². The summed E-state index contributed by atoms with van der Waals surface area (Å²) in [5.41, 5.74) is 6.37. The van der Waals surface area contributed by atoms with Crippen molar-refractivity contribution in [2.75, 3.05) is 5.32 Å². The summed E-state index contributed by atoms with van der Waals surface area (Å²) in [6.07, 6.45) is 5.48. The summed E-state index contributed by atoms with van der Waals surface area (Å²) in [4.78, 5) is 27.7. The van der Waals surface area contributed by atoms with Gasteiger partial charge in [-0.2, -0.15) is 0 Å². The molecular weight excluding hydrogens is 369 g/mol. The fourth-order valence-electron chi connectivity index (χ4n) is 2.87. The minimum atomic E-state index is -0.790. The molecule has 3 rings (SSSR count). The number of halogens is 1. The monoisotopic (exact) mass is 390 g/mol. The average Bonchev–Trinajstić information content (AvgIpc) is 3.04. The third-order valence-corrected chi connectivity index (χ3v) is 5.33. The molecule has 1 aromatic carbocycles. The number of carbonyl (C=O) groups excluding carboxylic acids is 2. The molecule has 6 nitrogen and oxygen atoms in total. The largest absolute Gasteiger partial charge is 0.479 e. The third-order valence-electron chi connectivity index (χ3n) is 4.47. The smallest absolute Gasteiger partial charge is 0.243 e. The summed E-state index contributed by atoms with van der Waals surface area (Å²) in [5.74, 6) is -1.85. The summed E-state index contributed by atoms with van der Waals surface area (Å²) in [6, 6.07) is 5.93. The average molecular weight is 390 g/mol. The van der Waals surface area contributed by atoms with Crippen LogP contribution in [0.4, 0.5) is 9.52 Å². The first-order chi connectivity index (χ1) is 12.9. The second-order valence-corrected chi connectivity index (χ2v) is 7.44. The molecule has 8 heteroatoms. The number of ether oxygens (including phenoxy) is 1. The van der Waals surface area contributed by atoms with Gasteiger partial charge in [0, 0.05) is 5.56 Å². The molecule has 0 atom stereocenters. The quantitative estimate of drug-likeness (QED) is 0.736. The fourth-order valence-corrected chi connectivity index (χ4v) is 3.77. The molecule has 0 spiro atoms. The second kappa shape index (κ2) is 8.47. The number of amides is 2. The minimum absolute atomic E-state index is 0.0980. The van der Waals surface area contributed by atoms with Gasteiger partial charge in [0.05, 0.1) is 6.10 Å². The normalized spacial score (nSPS) is 14.9. The molecule has 143 valence electrons. The van der Waals surface area contributed by atoms with Crippen molar-refractivity contribution in [2.45, 2.75) is 45.1 Å². The molecule has 2 amide bonds. The van der Waals surface area contributed by atoms with E-state index in [2.05, 4.69) is 10.3 Å². The number of aromatic nitrogens is 1. The molecule has 1 fully saturated rings. The van der Waals surface area contributed by atoms with Crippen molar-refractivity contribution >= 4 is 28.3 Å². The Balaban J connectivity index is 1.86. The molecule has 1 aliphatic rings. The molecule has 1 saturated carbocycles. The van der Waals surface area contributed by atoms with Crippen LogP contribution in [-0.4, -0.2) is 22.9 Å². The fraction of sp³-hybridized carbons (Fsp3) is 0.368. The van der Waals surface area contributed by atoms with E-state index in [1.165, 1.54) is 36.8 Å². The number of thiazole rings is 1. The predicted molar refractivity (Wildman–Crippen MR) is 102 cm³/mol. The number of nitrogens with zero attached hydrogens (tertiary/aromatic N) is 1. The van der Waals surface area contributed by atoms with E-state index in [-0.39, 0.29) is 17.8 Å². The van der Waals surface area contributed by atoms with Crippen LogP contribution in [0.2, 0.25) is 0 Å². The molecule has 0 unspecified atom stereocenters. The van der Waals surface area contributed by atoms with Gasteiger partial charge in [-0.15, -0.1) is 0 Å². The van der Waals surface area contributed by atoms with E-state index in [0.717, 1.165) is 25.7 Å². The van der Waals surface area contributed by atoms with Crippen LogP contribution in [0, 0.1) is 11.7 Å². The van der Waals surface area contributed by atoms with Gasteiger partial charge >= 0.3 is 0 Å². The van der Waals surface area contributed by atoms with Crippen molar-refractivity contribution in [1.29, 1.82) is 0 Å². The molecule has 1 aromatic heterocycles. The van der Waals surface area contributed by atoms with Gasteiger partial charge in [0.2, 0.25) is 16.9 Å². The number of primary amides is 1. The number of benzene rings is 1. The number of nitrogens with two attached hydrogens (primary N) is 1. The highest BCUT2D eigenvalue weighted by atomic mass is 32.1. The molecule has 0 aliphatic heterocycles. The summed E-state index contributed by atoms with van der Waals surface area (Å²) >= 11 is 1.19. The second-order valence-electron chi connectivity index (χ2n) is 6.48. The van der Waals surface area contributed by atoms with Crippen molar-refractivity contribution in [3.8, 4) is 16.3 Å². The minimum Gasteiger partial charge on any atom is -0.479 e. The van der Waals surface area contributed by atoms with Crippen LogP contribution in [0.25, 0.3) is 11.3 Å². The predicted octanol–water partition coefficient (Wildman–Crippen LogP) is 3.68. The van der Waals surface area contributed by atoms with Crippen LogP contribution < -0.4 is 15.8 Å². The highest BCUT2D eigenvalue weighted by Gasteiger charge is 2.24. The van der Waals surface area contributed by atoms with E-state index in [1.807, 2.05) is 0 Å². The maximum atomic E-state index is 13.3. The van der Waals surface area contributed by atoms with Crippen LogP contribution in [-0.2, 0) is 9.59 Å². The molecule has 1 radical (unpaired) electrons. The highest BCUT2D eigenvalue weighted by molar-refractivity contribution is 7.18. The Hall–Kier alpha value is -2.48. The van der Waals surface area contributed by atoms with E-state index in [4.69, 9.17) is 10.5 Å². The van der Waals surface area contributed by atoms with Gasteiger partial charge in [-0.05, 0) is 56.9 Å². The Morgan fingerprint density at radius 2 is 1.89 bits per heavy atom. The van der Waals surface area contributed by atoms with Crippen LogP contribution in [0.5, 0.6) is 5.06 Å². The van der Waals surface area contributed by atoms with E-state index in [1.54, 1.807) is 12.1 Å². The Morgan fingerprint density at radius 1 is 1.22 bits per heavy atom. The maximum Gasteiger partial charge on any atom is 0.243 e. The van der Waals surface area contributed by atoms with Gasteiger partial charge in [-0.1, -0.05) is 17.8 Å². The zero-order chi connectivity index (χ0) is 19.4. The third kappa shape index (κ3) is 4.82. The Kier molecular flexibility index (Phi) is 6.05. The SMILES string of the molecule is C[C](C(N)=O)C(=O)Nc1nc(-c2ccc(F)cc2)c(OC2CCCCC2)s1. The van der Waals surface area contributed by atoms with Crippen molar-refractivity contribution in [3.63, 3.8) is 0 Å². The maximum absolute atomic E-state index is 13.3. The lowest BCUT2D eigenvalue weighted by molar-refractivity contribution is -0.122. The Bertz CT molecular complexity index is 816. The number of hydrogen-bond acceptors (Lipinski definition) is 5. The first kappa shape index (κ1) is 19.3. The summed E-state index contributed by atoms with van der Waals surface area (Å²) in [5, 5.41) is 3.45. The Labute approximate surface area is 160 Å². The summed E-state index contributed by atoms with van der Waals surface area (Å²) in [6.45, 7) is 1.35. The van der Waals surface area contributed by atoms with Gasteiger partial charge in [-0.25, -0.2) is 9.37 Å². The molecule has 2 aromatic rings. The molecule has 3 N–H and O–H groups in total. The summed E-state index contributed by atoms with van der Waals surface area (Å²) in [7, 11) is 0. The number of carbonyl (C=O) groups is 2. The van der Waals surface area contributed by atoms with Gasteiger partial charge in [0.25, 0.3) is 0 Å². The lowest BCUT2D eigenvalue weighted by Gasteiger charge is -2.22. The molecule has 0 bridgehead atoms. The summed E-state index contributed by atoms with van der Waals surface area (Å²) < 4.78 is 19.4. The van der Waals surface area contributed by atoms with E-state index in [9.17, 15) is 14.0 Å². The van der Waals surface area contributed by atoms with Crippen LogP contribution in [0.3, 0.4) is 0 Å². The first-order valence-corrected chi connectivity index (χ1v) is 9.64. The number of rotatable bonds is 6. The molecule has 27 heavy (non-hydrogen) atoms. The zero-order valence-corrected chi connectivity index (χ0v) is 15.8. The van der Waals surface area contributed by atoms with Crippen molar-refractivity contribution in [2.24, 2.45) is 5.73 Å². The lowest BCUT2D eigenvalue weighted by Crippen LogP contribution is -2.30. The molecule has 1 heterocycles. The molecular formula is C19H21FN3O3S. The molecule has 0 saturated heterocycles. The zero-order valence-electron chi connectivity index (χ0n) is 15.0. The van der Waals surface area contributed by atoms with Crippen molar-refractivity contribution in [1.82, 2.24) is 4.98 Å². The number of hydrogen-bond donors (Lipinski definition) is 2. The van der Waals surface area contributed by atoms with E-state index < -0.39 is 11.8 Å². The van der Waals surface area contributed by atoms with Crippen molar-refractivity contribution in [3.05, 3.63) is 36.0 Å². The van der Waals surface area contributed by atoms with Crippen LogP contribution in [0.15, 0.2) is 24.3 Å². The number of anilines is 1. The Morgan fingerprint density at radius 3 is 2.52 bits per heavy atom. The highest BCUT2D eigenvalue weighted by Crippen LogP contribution is 2.40. The van der Waals surface area contributed by atoms with Gasteiger partial charge in [0.15, 0.2) is 5.13 Å².